The molecule has 1 fully saturated rings. The van der Waals surface area contributed by atoms with E-state index in [9.17, 15) is 4.79 Å². The number of carbonyl (C=O) groups excluding carboxylic acids is 1. The van der Waals surface area contributed by atoms with Gasteiger partial charge in [-0.1, -0.05) is 23.7 Å². The van der Waals surface area contributed by atoms with Crippen molar-refractivity contribution < 1.29 is 4.79 Å². The molecule has 0 bridgehead atoms. The van der Waals surface area contributed by atoms with Gasteiger partial charge in [-0.3, -0.25) is 9.69 Å². The standard InChI is InChI=1S/C12H15ClN2O/c13-10-4-1-3-9(7-10)8-15-6-2-5-11(15)12(14)16/h1,3-4,7,11H,2,5-6,8H2,(H2,14,16). The summed E-state index contributed by atoms with van der Waals surface area (Å²) < 4.78 is 0. The Bertz CT molecular complexity index is 394. The van der Waals surface area contributed by atoms with E-state index in [0.29, 0.717) is 0 Å². The highest BCUT2D eigenvalue weighted by Crippen LogP contribution is 2.21. The van der Waals surface area contributed by atoms with Gasteiger partial charge in [0.2, 0.25) is 5.91 Å². The van der Waals surface area contributed by atoms with E-state index in [0.717, 1.165) is 36.5 Å². The van der Waals surface area contributed by atoms with Gasteiger partial charge in [-0.05, 0) is 37.1 Å². The fourth-order valence-electron chi connectivity index (χ4n) is 2.21. The zero-order chi connectivity index (χ0) is 11.5. The summed E-state index contributed by atoms with van der Waals surface area (Å²) in [5, 5.41) is 0.729. The number of amides is 1. The summed E-state index contributed by atoms with van der Waals surface area (Å²) in [6, 6.07) is 7.60. The molecule has 0 radical (unpaired) electrons. The maximum absolute atomic E-state index is 11.2. The van der Waals surface area contributed by atoms with E-state index >= 15 is 0 Å². The molecule has 2 N–H and O–H groups in total. The zero-order valence-electron chi connectivity index (χ0n) is 9.03. The highest BCUT2D eigenvalue weighted by Gasteiger charge is 2.28. The van der Waals surface area contributed by atoms with Gasteiger partial charge in [0.1, 0.15) is 0 Å². The van der Waals surface area contributed by atoms with Crippen molar-refractivity contribution in [3.05, 3.63) is 34.9 Å². The number of likely N-dealkylation sites (tertiary alicyclic amines) is 1. The fourth-order valence-corrected chi connectivity index (χ4v) is 2.42. The maximum atomic E-state index is 11.2. The smallest absolute Gasteiger partial charge is 0.234 e. The molecule has 86 valence electrons. The van der Waals surface area contributed by atoms with Crippen LogP contribution in [0.4, 0.5) is 0 Å². The second-order valence-corrected chi connectivity index (χ2v) is 4.60. The van der Waals surface area contributed by atoms with Crippen LogP contribution in [0.1, 0.15) is 18.4 Å². The lowest BCUT2D eigenvalue weighted by atomic mass is 10.2. The van der Waals surface area contributed by atoms with Crippen LogP contribution < -0.4 is 5.73 Å². The normalized spacial score (nSPS) is 21.2. The molecular weight excluding hydrogens is 224 g/mol. The second-order valence-electron chi connectivity index (χ2n) is 4.16. The van der Waals surface area contributed by atoms with Crippen molar-refractivity contribution in [3.8, 4) is 0 Å². The van der Waals surface area contributed by atoms with Crippen LogP contribution in [0.25, 0.3) is 0 Å². The van der Waals surface area contributed by atoms with Gasteiger partial charge in [0.15, 0.2) is 0 Å². The average molecular weight is 239 g/mol. The number of hydrogen-bond acceptors (Lipinski definition) is 2. The Labute approximate surface area is 100 Å². The first-order valence-electron chi connectivity index (χ1n) is 5.44. The van der Waals surface area contributed by atoms with Gasteiger partial charge < -0.3 is 5.73 Å². The number of nitrogens with zero attached hydrogens (tertiary/aromatic N) is 1. The van der Waals surface area contributed by atoms with Gasteiger partial charge in [0, 0.05) is 11.6 Å². The molecule has 2 rings (SSSR count). The molecule has 16 heavy (non-hydrogen) atoms. The van der Waals surface area contributed by atoms with E-state index in [4.69, 9.17) is 17.3 Å². The van der Waals surface area contributed by atoms with Crippen molar-refractivity contribution in [2.24, 2.45) is 5.73 Å². The molecule has 1 atom stereocenters. The van der Waals surface area contributed by atoms with Crippen LogP contribution in [0.5, 0.6) is 0 Å². The Morgan fingerprint density at radius 1 is 1.56 bits per heavy atom. The third-order valence-electron chi connectivity index (χ3n) is 2.97. The lowest BCUT2D eigenvalue weighted by Gasteiger charge is -2.21. The topological polar surface area (TPSA) is 46.3 Å². The summed E-state index contributed by atoms with van der Waals surface area (Å²) in [4.78, 5) is 13.3. The minimum absolute atomic E-state index is 0.112. The minimum Gasteiger partial charge on any atom is -0.368 e. The molecule has 0 aromatic heterocycles. The number of halogens is 1. The van der Waals surface area contributed by atoms with Crippen molar-refractivity contribution in [2.45, 2.75) is 25.4 Å². The van der Waals surface area contributed by atoms with Crippen molar-refractivity contribution in [1.82, 2.24) is 4.90 Å². The third kappa shape index (κ3) is 2.54. The highest BCUT2D eigenvalue weighted by molar-refractivity contribution is 6.30. The van der Waals surface area contributed by atoms with Crippen molar-refractivity contribution >= 4 is 17.5 Å². The summed E-state index contributed by atoms with van der Waals surface area (Å²) in [7, 11) is 0. The van der Waals surface area contributed by atoms with Crippen LogP contribution >= 0.6 is 11.6 Å². The number of hydrogen-bond donors (Lipinski definition) is 1. The Kier molecular flexibility index (Phi) is 3.46. The van der Waals surface area contributed by atoms with E-state index in [1.54, 1.807) is 0 Å². The van der Waals surface area contributed by atoms with Gasteiger partial charge >= 0.3 is 0 Å². The van der Waals surface area contributed by atoms with Gasteiger partial charge in [-0.25, -0.2) is 0 Å². The third-order valence-corrected chi connectivity index (χ3v) is 3.20. The summed E-state index contributed by atoms with van der Waals surface area (Å²) in [5.74, 6) is -0.223. The molecular formula is C12H15ClN2O. The predicted octanol–water partition coefficient (Wildman–Crippen LogP) is 1.79. The molecule has 1 aliphatic heterocycles. The van der Waals surface area contributed by atoms with Crippen LogP contribution in [0.3, 0.4) is 0 Å². The molecule has 0 saturated carbocycles. The van der Waals surface area contributed by atoms with Gasteiger partial charge in [0.05, 0.1) is 6.04 Å². The van der Waals surface area contributed by atoms with Crippen LogP contribution in [-0.2, 0) is 11.3 Å². The molecule has 0 aliphatic carbocycles. The first kappa shape index (κ1) is 11.4. The fraction of sp³-hybridized carbons (Fsp3) is 0.417. The summed E-state index contributed by atoms with van der Waals surface area (Å²) in [6.45, 7) is 1.67. The second kappa shape index (κ2) is 4.85. The van der Waals surface area contributed by atoms with Gasteiger partial charge in [-0.2, -0.15) is 0 Å². The monoisotopic (exact) mass is 238 g/mol. The SMILES string of the molecule is NC(=O)C1CCCN1Cc1cccc(Cl)c1. The summed E-state index contributed by atoms with van der Waals surface area (Å²) in [6.07, 6.45) is 1.91. The molecule has 1 saturated heterocycles. The van der Waals surface area contributed by atoms with E-state index in [-0.39, 0.29) is 11.9 Å². The Balaban J connectivity index is 2.06. The predicted molar refractivity (Wildman–Crippen MR) is 64.1 cm³/mol. The number of nitrogens with two attached hydrogens (primary N) is 1. The van der Waals surface area contributed by atoms with Crippen LogP contribution in [-0.4, -0.2) is 23.4 Å². The number of benzene rings is 1. The molecule has 1 amide bonds. The van der Waals surface area contributed by atoms with Crippen molar-refractivity contribution in [1.29, 1.82) is 0 Å². The van der Waals surface area contributed by atoms with Crippen LogP contribution in [0, 0.1) is 0 Å². The lowest BCUT2D eigenvalue weighted by molar-refractivity contribution is -0.122. The van der Waals surface area contributed by atoms with E-state index < -0.39 is 0 Å². The minimum atomic E-state index is -0.223. The maximum Gasteiger partial charge on any atom is 0.234 e. The van der Waals surface area contributed by atoms with E-state index in [1.807, 2.05) is 24.3 Å². The Morgan fingerprint density at radius 3 is 3.06 bits per heavy atom. The van der Waals surface area contributed by atoms with E-state index in [2.05, 4.69) is 4.90 Å². The lowest BCUT2D eigenvalue weighted by Crippen LogP contribution is -2.39. The van der Waals surface area contributed by atoms with Gasteiger partial charge in [0.25, 0.3) is 0 Å². The molecule has 1 heterocycles. The quantitative estimate of drug-likeness (QED) is 0.873. The molecule has 3 nitrogen and oxygen atoms in total. The van der Waals surface area contributed by atoms with E-state index in [1.165, 1.54) is 0 Å². The highest BCUT2D eigenvalue weighted by atomic mass is 35.5. The summed E-state index contributed by atoms with van der Waals surface area (Å²) in [5.41, 5.74) is 6.49. The molecule has 1 unspecified atom stereocenters. The van der Waals surface area contributed by atoms with Crippen molar-refractivity contribution in [2.75, 3.05) is 6.54 Å². The molecule has 4 heteroatoms. The Morgan fingerprint density at radius 2 is 2.38 bits per heavy atom. The first-order valence-corrected chi connectivity index (χ1v) is 5.82. The number of rotatable bonds is 3. The zero-order valence-corrected chi connectivity index (χ0v) is 9.78. The average Bonchev–Trinajstić information content (AvgIpc) is 2.66. The molecule has 0 spiro atoms. The first-order chi connectivity index (χ1) is 7.66. The van der Waals surface area contributed by atoms with Gasteiger partial charge in [-0.15, -0.1) is 0 Å². The number of primary amides is 1. The molecule has 1 aromatic carbocycles. The van der Waals surface area contributed by atoms with Crippen molar-refractivity contribution in [3.63, 3.8) is 0 Å². The molecule has 1 aromatic rings. The summed E-state index contributed by atoms with van der Waals surface area (Å²) >= 11 is 5.92. The number of carbonyl (C=O) groups is 1. The molecule has 1 aliphatic rings. The Hall–Kier alpha value is -1.06. The van der Waals surface area contributed by atoms with Crippen LogP contribution in [0.15, 0.2) is 24.3 Å². The largest absolute Gasteiger partial charge is 0.368 e. The van der Waals surface area contributed by atoms with Crippen LogP contribution in [0.2, 0.25) is 5.02 Å².